The number of hydrogen-bond acceptors (Lipinski definition) is 4. The van der Waals surface area contributed by atoms with Gasteiger partial charge in [-0.2, -0.15) is 0 Å². The molecule has 0 aromatic rings. The number of rotatable bonds is 7. The van der Waals surface area contributed by atoms with Crippen molar-refractivity contribution >= 4 is 0 Å². The van der Waals surface area contributed by atoms with E-state index in [2.05, 4.69) is 34.6 Å². The average Bonchev–Trinajstić information content (AvgIpc) is 2.62. The number of aliphatic hydroxyl groups is 1. The highest BCUT2D eigenvalue weighted by atomic mass is 16.7. The zero-order chi connectivity index (χ0) is 20.6. The maximum Gasteiger partial charge on any atom is 0.147 e. The largest absolute Gasteiger partial charge is 0.396 e. The van der Waals surface area contributed by atoms with Gasteiger partial charge in [0, 0.05) is 13.7 Å². The number of hydrogen-bond donors (Lipinski definition) is 1. The van der Waals surface area contributed by atoms with Crippen molar-refractivity contribution in [1.82, 2.24) is 0 Å². The van der Waals surface area contributed by atoms with Crippen molar-refractivity contribution in [2.24, 2.45) is 39.9 Å². The van der Waals surface area contributed by atoms with Gasteiger partial charge in [0.1, 0.15) is 6.79 Å². The summed E-state index contributed by atoms with van der Waals surface area (Å²) in [6.45, 7) is 14.2. The molecule has 0 amide bonds. The molecule has 3 saturated carbocycles. The van der Waals surface area contributed by atoms with Gasteiger partial charge in [-0.05, 0) is 72.0 Å². The fourth-order valence-electron chi connectivity index (χ4n) is 7.97. The molecule has 3 rings (SSSR count). The van der Waals surface area contributed by atoms with Crippen molar-refractivity contribution in [3.05, 3.63) is 0 Å². The Morgan fingerprint density at radius 3 is 2.29 bits per heavy atom. The van der Waals surface area contributed by atoms with Gasteiger partial charge in [0.15, 0.2) is 0 Å². The van der Waals surface area contributed by atoms with Gasteiger partial charge in [0.25, 0.3) is 0 Å². The zero-order valence-corrected chi connectivity index (χ0v) is 19.1. The van der Waals surface area contributed by atoms with E-state index < -0.39 is 0 Å². The van der Waals surface area contributed by atoms with Crippen LogP contribution in [0.5, 0.6) is 0 Å². The van der Waals surface area contributed by atoms with Gasteiger partial charge < -0.3 is 19.3 Å². The Kier molecular flexibility index (Phi) is 6.86. The summed E-state index contributed by atoms with van der Waals surface area (Å²) in [6.07, 6.45) is 7.69. The van der Waals surface area contributed by atoms with Gasteiger partial charge in [0.05, 0.1) is 19.3 Å². The van der Waals surface area contributed by atoms with Gasteiger partial charge in [-0.3, -0.25) is 0 Å². The Bertz CT molecular complexity index is 521. The van der Waals surface area contributed by atoms with Crippen LogP contribution in [0.25, 0.3) is 0 Å². The lowest BCUT2D eigenvalue weighted by Gasteiger charge is -2.67. The molecule has 164 valence electrons. The van der Waals surface area contributed by atoms with Crippen molar-refractivity contribution in [2.45, 2.75) is 79.2 Å². The van der Waals surface area contributed by atoms with Crippen LogP contribution in [0.3, 0.4) is 0 Å². The molecular weight excluding hydrogens is 352 g/mol. The van der Waals surface area contributed by atoms with E-state index in [1.54, 1.807) is 7.11 Å². The number of methoxy groups -OCH3 is 1. The Labute approximate surface area is 172 Å². The molecule has 0 saturated heterocycles. The first-order valence-electron chi connectivity index (χ1n) is 11.5. The summed E-state index contributed by atoms with van der Waals surface area (Å²) in [7, 11) is 1.69. The first-order valence-corrected chi connectivity index (χ1v) is 11.5. The predicted octanol–water partition coefficient (Wildman–Crippen LogP) is 4.89. The second-order valence-corrected chi connectivity index (χ2v) is 11.0. The first-order chi connectivity index (χ1) is 13.2. The molecule has 3 aliphatic rings. The molecule has 0 aliphatic heterocycles. The molecule has 0 aromatic carbocycles. The summed E-state index contributed by atoms with van der Waals surface area (Å²) in [5, 5.41) is 10.2. The highest BCUT2D eigenvalue weighted by Crippen LogP contribution is 2.69. The molecule has 1 N–H and O–H groups in total. The Balaban J connectivity index is 1.74. The van der Waals surface area contributed by atoms with Crippen molar-refractivity contribution in [2.75, 3.05) is 33.7 Å². The molecule has 0 radical (unpaired) electrons. The van der Waals surface area contributed by atoms with Crippen LogP contribution >= 0.6 is 0 Å². The third-order valence-corrected chi connectivity index (χ3v) is 9.46. The van der Waals surface area contributed by atoms with Crippen LogP contribution in [0.2, 0.25) is 0 Å². The molecular formula is C24H44O4. The van der Waals surface area contributed by atoms with E-state index in [1.807, 2.05) is 0 Å². The lowest BCUT2D eigenvalue weighted by Crippen LogP contribution is -2.62. The summed E-state index contributed by atoms with van der Waals surface area (Å²) in [4.78, 5) is 0. The fourth-order valence-corrected chi connectivity index (χ4v) is 7.97. The van der Waals surface area contributed by atoms with Crippen LogP contribution in [0.4, 0.5) is 0 Å². The van der Waals surface area contributed by atoms with Crippen LogP contribution in [0.1, 0.15) is 73.1 Å². The first kappa shape index (κ1) is 22.5. The van der Waals surface area contributed by atoms with Crippen LogP contribution in [-0.2, 0) is 14.2 Å². The van der Waals surface area contributed by atoms with Gasteiger partial charge in [-0.1, -0.05) is 41.0 Å². The summed E-state index contributed by atoms with van der Waals surface area (Å²) in [5.41, 5.74) is 0.780. The van der Waals surface area contributed by atoms with Crippen LogP contribution in [0.15, 0.2) is 0 Å². The maximum absolute atomic E-state index is 10.2. The van der Waals surface area contributed by atoms with Gasteiger partial charge in [0.2, 0.25) is 0 Å². The van der Waals surface area contributed by atoms with E-state index in [-0.39, 0.29) is 16.9 Å². The van der Waals surface area contributed by atoms with Crippen LogP contribution in [0, 0.1) is 39.9 Å². The van der Waals surface area contributed by atoms with Gasteiger partial charge >= 0.3 is 0 Å². The molecule has 7 atom stereocenters. The van der Waals surface area contributed by atoms with E-state index in [9.17, 15) is 5.11 Å². The normalized spacial score (nSPS) is 45.3. The predicted molar refractivity (Wildman–Crippen MR) is 112 cm³/mol. The molecule has 0 spiro atoms. The zero-order valence-electron chi connectivity index (χ0n) is 19.1. The second-order valence-electron chi connectivity index (χ2n) is 11.0. The SMILES string of the molecule is COCCOCO[C@H]1CC[C@]2(C)[C@H]3CC[C@@H](C)[C@@H](CO)[C@]3(C)CC[C@H]2C1(C)C. The van der Waals surface area contributed by atoms with Gasteiger partial charge in [-0.25, -0.2) is 0 Å². The third-order valence-electron chi connectivity index (χ3n) is 9.46. The summed E-state index contributed by atoms with van der Waals surface area (Å²) < 4.78 is 16.9. The maximum atomic E-state index is 10.2. The molecule has 28 heavy (non-hydrogen) atoms. The van der Waals surface area contributed by atoms with Crippen molar-refractivity contribution < 1.29 is 19.3 Å². The third kappa shape index (κ3) is 3.68. The van der Waals surface area contributed by atoms with E-state index in [1.165, 1.54) is 32.1 Å². The monoisotopic (exact) mass is 396 g/mol. The highest BCUT2D eigenvalue weighted by molar-refractivity contribution is 5.12. The molecule has 3 aliphatic carbocycles. The minimum absolute atomic E-state index is 0.150. The Morgan fingerprint density at radius 2 is 1.61 bits per heavy atom. The van der Waals surface area contributed by atoms with E-state index in [0.29, 0.717) is 55.7 Å². The number of fused-ring (bicyclic) bond motifs is 3. The molecule has 0 unspecified atom stereocenters. The van der Waals surface area contributed by atoms with Crippen molar-refractivity contribution in [3.63, 3.8) is 0 Å². The van der Waals surface area contributed by atoms with E-state index >= 15 is 0 Å². The minimum Gasteiger partial charge on any atom is -0.396 e. The molecule has 0 bridgehead atoms. The lowest BCUT2D eigenvalue weighted by atomic mass is 9.38. The van der Waals surface area contributed by atoms with Crippen molar-refractivity contribution in [1.29, 1.82) is 0 Å². The number of aliphatic hydroxyl groups excluding tert-OH is 1. The lowest BCUT2D eigenvalue weighted by molar-refractivity contribution is -0.227. The standard InChI is InChI=1S/C24H44O4/c1-17-7-8-20-23(4,18(17)15-25)11-9-19-22(2,3)21(10-12-24(19,20)5)28-16-27-14-13-26-6/h17-21,25H,7-16H2,1-6H3/t17-,18-,19+,20+,21+,23+,24+/m1/s1. The number of ether oxygens (including phenoxy) is 3. The Morgan fingerprint density at radius 1 is 0.893 bits per heavy atom. The van der Waals surface area contributed by atoms with Gasteiger partial charge in [-0.15, -0.1) is 0 Å². The van der Waals surface area contributed by atoms with Crippen molar-refractivity contribution in [3.8, 4) is 0 Å². The molecule has 0 aromatic heterocycles. The summed E-state index contributed by atoms with van der Waals surface area (Å²) in [5.74, 6) is 2.48. The fraction of sp³-hybridized carbons (Fsp3) is 1.00. The highest BCUT2D eigenvalue weighted by Gasteiger charge is 2.63. The van der Waals surface area contributed by atoms with E-state index in [0.717, 1.165) is 6.42 Å². The van der Waals surface area contributed by atoms with Crippen LogP contribution < -0.4 is 0 Å². The second kappa shape index (κ2) is 8.53. The molecule has 3 fully saturated rings. The summed E-state index contributed by atoms with van der Waals surface area (Å²) >= 11 is 0. The summed E-state index contributed by atoms with van der Waals surface area (Å²) in [6, 6.07) is 0. The quantitative estimate of drug-likeness (QED) is 0.492. The smallest absolute Gasteiger partial charge is 0.147 e. The molecule has 0 heterocycles. The topological polar surface area (TPSA) is 47.9 Å². The van der Waals surface area contributed by atoms with E-state index in [4.69, 9.17) is 14.2 Å². The molecule has 4 heteroatoms. The average molecular weight is 397 g/mol. The Hall–Kier alpha value is -0.160. The molecule has 4 nitrogen and oxygen atoms in total. The van der Waals surface area contributed by atoms with Crippen LogP contribution in [-0.4, -0.2) is 44.9 Å². The minimum atomic E-state index is 0.150.